The topological polar surface area (TPSA) is 29.5 Å². The molecule has 0 saturated heterocycles. The second kappa shape index (κ2) is 20.7. The molecular formula is C24H46O2. The lowest BCUT2D eigenvalue weighted by Gasteiger charge is -2.18. The third kappa shape index (κ3) is 18.2. The SMILES string of the molecule is C=CCC(OCCCCCCCC/C=C\CCCCCCCC)C(C)O. The van der Waals surface area contributed by atoms with E-state index in [0.717, 1.165) is 19.4 Å². The van der Waals surface area contributed by atoms with E-state index in [4.69, 9.17) is 4.74 Å². The van der Waals surface area contributed by atoms with E-state index in [9.17, 15) is 5.11 Å². The first-order valence-electron chi connectivity index (χ1n) is 11.3. The van der Waals surface area contributed by atoms with Crippen LogP contribution in [-0.2, 0) is 4.74 Å². The van der Waals surface area contributed by atoms with E-state index in [1.54, 1.807) is 6.92 Å². The minimum Gasteiger partial charge on any atom is -0.391 e. The van der Waals surface area contributed by atoms with Crippen molar-refractivity contribution in [1.82, 2.24) is 0 Å². The van der Waals surface area contributed by atoms with E-state index in [1.807, 2.05) is 6.08 Å². The molecule has 2 unspecified atom stereocenters. The smallest absolute Gasteiger partial charge is 0.0865 e. The molecule has 0 heterocycles. The van der Waals surface area contributed by atoms with Gasteiger partial charge in [0.25, 0.3) is 0 Å². The van der Waals surface area contributed by atoms with Crippen molar-refractivity contribution in [2.24, 2.45) is 0 Å². The molecule has 26 heavy (non-hydrogen) atoms. The van der Waals surface area contributed by atoms with Crippen LogP contribution in [0, 0.1) is 0 Å². The number of hydrogen-bond donors (Lipinski definition) is 1. The maximum atomic E-state index is 9.60. The van der Waals surface area contributed by atoms with Gasteiger partial charge in [-0.2, -0.15) is 0 Å². The lowest BCUT2D eigenvalue weighted by atomic mass is 10.1. The first kappa shape index (κ1) is 25.4. The van der Waals surface area contributed by atoms with Gasteiger partial charge in [0, 0.05) is 6.61 Å². The van der Waals surface area contributed by atoms with E-state index in [-0.39, 0.29) is 6.10 Å². The summed E-state index contributed by atoms with van der Waals surface area (Å²) in [6, 6.07) is 0. The number of allylic oxidation sites excluding steroid dienone is 2. The molecular weight excluding hydrogens is 320 g/mol. The number of aliphatic hydroxyl groups excluding tert-OH is 1. The van der Waals surface area contributed by atoms with Gasteiger partial charge in [-0.1, -0.05) is 82.9 Å². The standard InChI is InChI=1S/C24H46O2/c1-4-6-7-8-9-10-11-12-13-14-15-16-17-18-19-20-22-26-24(21-5-2)23(3)25/h5,12-13,23-25H,2,4,6-11,14-22H2,1,3H3/b13-12-. The van der Waals surface area contributed by atoms with Crippen LogP contribution in [0.5, 0.6) is 0 Å². The molecule has 0 bridgehead atoms. The maximum absolute atomic E-state index is 9.60. The molecule has 2 nitrogen and oxygen atoms in total. The number of ether oxygens (including phenoxy) is 1. The monoisotopic (exact) mass is 366 g/mol. The van der Waals surface area contributed by atoms with E-state index in [0.29, 0.717) is 0 Å². The summed E-state index contributed by atoms with van der Waals surface area (Å²) in [4.78, 5) is 0. The maximum Gasteiger partial charge on any atom is 0.0865 e. The summed E-state index contributed by atoms with van der Waals surface area (Å²) >= 11 is 0. The summed E-state index contributed by atoms with van der Waals surface area (Å²) in [6.45, 7) is 8.53. The van der Waals surface area contributed by atoms with Crippen LogP contribution >= 0.6 is 0 Å². The molecule has 0 aliphatic carbocycles. The van der Waals surface area contributed by atoms with Gasteiger partial charge < -0.3 is 9.84 Å². The predicted octanol–water partition coefficient (Wildman–Crippen LogP) is 7.37. The summed E-state index contributed by atoms with van der Waals surface area (Å²) < 4.78 is 5.73. The highest BCUT2D eigenvalue weighted by molar-refractivity contribution is 4.81. The van der Waals surface area contributed by atoms with E-state index >= 15 is 0 Å². The van der Waals surface area contributed by atoms with Crippen molar-refractivity contribution >= 4 is 0 Å². The van der Waals surface area contributed by atoms with Crippen LogP contribution in [0.3, 0.4) is 0 Å². The number of rotatable bonds is 20. The summed E-state index contributed by atoms with van der Waals surface area (Å²) in [5, 5.41) is 9.60. The summed E-state index contributed by atoms with van der Waals surface area (Å²) in [5.74, 6) is 0. The lowest BCUT2D eigenvalue weighted by Crippen LogP contribution is -2.26. The molecule has 0 spiro atoms. The Morgan fingerprint density at radius 3 is 1.81 bits per heavy atom. The molecule has 0 amide bonds. The van der Waals surface area contributed by atoms with E-state index in [2.05, 4.69) is 25.7 Å². The number of aliphatic hydroxyl groups is 1. The van der Waals surface area contributed by atoms with Gasteiger partial charge in [0.1, 0.15) is 0 Å². The fourth-order valence-corrected chi connectivity index (χ4v) is 3.15. The zero-order valence-electron chi connectivity index (χ0n) is 17.8. The molecule has 0 aliphatic rings. The molecule has 0 radical (unpaired) electrons. The van der Waals surface area contributed by atoms with Crippen molar-refractivity contribution in [1.29, 1.82) is 0 Å². The highest BCUT2D eigenvalue weighted by atomic mass is 16.5. The predicted molar refractivity (Wildman–Crippen MR) is 116 cm³/mol. The molecule has 2 atom stereocenters. The van der Waals surface area contributed by atoms with Crippen LogP contribution in [0.2, 0.25) is 0 Å². The molecule has 0 saturated carbocycles. The van der Waals surface area contributed by atoms with Gasteiger partial charge in [0.15, 0.2) is 0 Å². The fraction of sp³-hybridized carbons (Fsp3) is 0.833. The van der Waals surface area contributed by atoms with Gasteiger partial charge in [-0.25, -0.2) is 0 Å². The minimum atomic E-state index is -0.415. The molecule has 0 fully saturated rings. The number of hydrogen-bond acceptors (Lipinski definition) is 2. The molecule has 1 N–H and O–H groups in total. The Morgan fingerprint density at radius 2 is 1.31 bits per heavy atom. The van der Waals surface area contributed by atoms with Gasteiger partial charge in [0.05, 0.1) is 12.2 Å². The average Bonchev–Trinajstić information content (AvgIpc) is 2.63. The zero-order valence-corrected chi connectivity index (χ0v) is 17.8. The van der Waals surface area contributed by atoms with Crippen LogP contribution in [0.4, 0.5) is 0 Å². The molecule has 0 aromatic rings. The van der Waals surface area contributed by atoms with Crippen molar-refractivity contribution in [2.45, 2.75) is 122 Å². The van der Waals surface area contributed by atoms with Crippen LogP contribution in [0.1, 0.15) is 110 Å². The van der Waals surface area contributed by atoms with Crippen molar-refractivity contribution in [3.8, 4) is 0 Å². The van der Waals surface area contributed by atoms with Crippen molar-refractivity contribution in [2.75, 3.05) is 6.61 Å². The van der Waals surface area contributed by atoms with Crippen LogP contribution in [0.15, 0.2) is 24.8 Å². The summed E-state index contributed by atoms with van der Waals surface area (Å²) in [7, 11) is 0. The van der Waals surface area contributed by atoms with Gasteiger partial charge in [-0.15, -0.1) is 6.58 Å². The highest BCUT2D eigenvalue weighted by Gasteiger charge is 2.12. The third-order valence-corrected chi connectivity index (χ3v) is 4.93. The quantitative estimate of drug-likeness (QED) is 0.180. The minimum absolute atomic E-state index is 0.0874. The van der Waals surface area contributed by atoms with Crippen molar-refractivity contribution in [3.05, 3.63) is 24.8 Å². The fourth-order valence-electron chi connectivity index (χ4n) is 3.15. The summed E-state index contributed by atoms with van der Waals surface area (Å²) in [6.07, 6.45) is 25.3. The second-order valence-electron chi connectivity index (χ2n) is 7.61. The first-order chi connectivity index (χ1) is 12.7. The first-order valence-corrected chi connectivity index (χ1v) is 11.3. The van der Waals surface area contributed by atoms with Crippen LogP contribution in [0.25, 0.3) is 0 Å². The molecule has 2 heteroatoms. The molecule has 0 aromatic heterocycles. The van der Waals surface area contributed by atoms with Gasteiger partial charge in [-0.05, 0) is 45.4 Å². The normalized spacial score (nSPS) is 14.0. The summed E-state index contributed by atoms with van der Waals surface area (Å²) in [5.41, 5.74) is 0. The molecule has 0 rings (SSSR count). The Morgan fingerprint density at radius 1 is 0.808 bits per heavy atom. The van der Waals surface area contributed by atoms with Gasteiger partial charge in [0.2, 0.25) is 0 Å². The Bertz CT molecular complexity index is 309. The van der Waals surface area contributed by atoms with Crippen molar-refractivity contribution < 1.29 is 9.84 Å². The Hall–Kier alpha value is -0.600. The van der Waals surface area contributed by atoms with Crippen molar-refractivity contribution in [3.63, 3.8) is 0 Å². The van der Waals surface area contributed by atoms with Crippen LogP contribution < -0.4 is 0 Å². The molecule has 0 aliphatic heterocycles. The molecule has 154 valence electrons. The lowest BCUT2D eigenvalue weighted by molar-refractivity contribution is -0.0284. The van der Waals surface area contributed by atoms with Gasteiger partial charge in [-0.3, -0.25) is 0 Å². The Balaban J connectivity index is 3.26. The molecule has 0 aromatic carbocycles. The van der Waals surface area contributed by atoms with E-state index in [1.165, 1.54) is 83.5 Å². The largest absolute Gasteiger partial charge is 0.391 e. The number of unbranched alkanes of at least 4 members (excludes halogenated alkanes) is 12. The second-order valence-corrected chi connectivity index (χ2v) is 7.61. The Kier molecular flexibility index (Phi) is 20.2. The zero-order chi connectivity index (χ0) is 19.3. The van der Waals surface area contributed by atoms with Gasteiger partial charge >= 0.3 is 0 Å². The Labute approximate surface area is 164 Å². The average molecular weight is 367 g/mol. The van der Waals surface area contributed by atoms with E-state index < -0.39 is 6.10 Å². The highest BCUT2D eigenvalue weighted by Crippen LogP contribution is 2.11. The van der Waals surface area contributed by atoms with Crippen LogP contribution in [-0.4, -0.2) is 23.9 Å². The third-order valence-electron chi connectivity index (χ3n) is 4.93.